The zero-order valence-electron chi connectivity index (χ0n) is 9.40. The van der Waals surface area contributed by atoms with Crippen molar-refractivity contribution in [3.8, 4) is 0 Å². The van der Waals surface area contributed by atoms with Gasteiger partial charge in [0, 0.05) is 11.8 Å². The summed E-state index contributed by atoms with van der Waals surface area (Å²) in [6.45, 7) is 1.61. The van der Waals surface area contributed by atoms with E-state index >= 15 is 0 Å². The quantitative estimate of drug-likeness (QED) is 0.838. The lowest BCUT2D eigenvalue weighted by Gasteiger charge is -2.12. The minimum Gasteiger partial charge on any atom is -0.208 e. The molecule has 0 bridgehead atoms. The van der Waals surface area contributed by atoms with Crippen molar-refractivity contribution in [3.63, 3.8) is 0 Å². The molecule has 0 saturated carbocycles. The summed E-state index contributed by atoms with van der Waals surface area (Å²) in [5.74, 6) is 0.292. The Morgan fingerprint density at radius 3 is 2.17 bits per heavy atom. The standard InChI is InChI=1S/C10H12F3NO2S2/c1-7(6-17)14-18(15,16)9-4-2-8(3-5-9)10(11,12)13/h2-5,7,14,17H,6H2,1H3. The molecule has 1 aromatic rings. The third-order valence-electron chi connectivity index (χ3n) is 2.12. The predicted molar refractivity (Wildman–Crippen MR) is 65.1 cm³/mol. The van der Waals surface area contributed by atoms with E-state index in [1.165, 1.54) is 0 Å². The number of halogens is 3. The number of hydrogen-bond acceptors (Lipinski definition) is 3. The van der Waals surface area contributed by atoms with Crippen LogP contribution in [0.4, 0.5) is 13.2 Å². The molecule has 0 spiro atoms. The monoisotopic (exact) mass is 299 g/mol. The Morgan fingerprint density at radius 2 is 1.78 bits per heavy atom. The van der Waals surface area contributed by atoms with Crippen LogP contribution >= 0.6 is 12.6 Å². The molecule has 0 fully saturated rings. The fourth-order valence-electron chi connectivity index (χ4n) is 1.19. The molecule has 1 N–H and O–H groups in total. The van der Waals surface area contributed by atoms with Crippen molar-refractivity contribution in [2.75, 3.05) is 5.75 Å². The molecular weight excluding hydrogens is 287 g/mol. The minimum atomic E-state index is -4.48. The molecule has 0 saturated heterocycles. The van der Waals surface area contributed by atoms with Gasteiger partial charge in [0.2, 0.25) is 10.0 Å². The lowest BCUT2D eigenvalue weighted by Crippen LogP contribution is -2.33. The number of thiol groups is 1. The number of alkyl halides is 3. The largest absolute Gasteiger partial charge is 0.416 e. The van der Waals surface area contributed by atoms with Crippen LogP contribution in [-0.4, -0.2) is 20.2 Å². The second-order valence-corrected chi connectivity index (χ2v) is 5.81. The topological polar surface area (TPSA) is 46.2 Å². The van der Waals surface area contributed by atoms with Gasteiger partial charge in [0.25, 0.3) is 0 Å². The summed E-state index contributed by atoms with van der Waals surface area (Å²) in [5.41, 5.74) is -0.885. The summed E-state index contributed by atoms with van der Waals surface area (Å²) in [4.78, 5) is -0.205. The van der Waals surface area contributed by atoms with E-state index in [4.69, 9.17) is 0 Å². The van der Waals surface area contributed by atoms with Crippen LogP contribution in [0.2, 0.25) is 0 Å². The fraction of sp³-hybridized carbons (Fsp3) is 0.400. The van der Waals surface area contributed by atoms with Gasteiger partial charge in [0.1, 0.15) is 0 Å². The van der Waals surface area contributed by atoms with Gasteiger partial charge >= 0.3 is 6.18 Å². The van der Waals surface area contributed by atoms with Crippen LogP contribution in [-0.2, 0) is 16.2 Å². The van der Waals surface area contributed by atoms with Crippen molar-refractivity contribution in [2.24, 2.45) is 0 Å². The Balaban J connectivity index is 2.98. The first-order valence-electron chi connectivity index (χ1n) is 4.97. The number of nitrogens with one attached hydrogen (secondary N) is 1. The SMILES string of the molecule is CC(CS)NS(=O)(=O)c1ccc(C(F)(F)F)cc1. The van der Waals surface area contributed by atoms with Gasteiger partial charge in [-0.2, -0.15) is 25.8 Å². The highest BCUT2D eigenvalue weighted by atomic mass is 32.2. The molecule has 1 atom stereocenters. The first kappa shape index (κ1) is 15.3. The third-order valence-corrected chi connectivity index (χ3v) is 4.28. The average Bonchev–Trinajstić information content (AvgIpc) is 2.27. The van der Waals surface area contributed by atoms with E-state index in [0.29, 0.717) is 5.75 Å². The molecule has 0 amide bonds. The first-order chi connectivity index (χ1) is 8.16. The van der Waals surface area contributed by atoms with Crippen molar-refractivity contribution in [2.45, 2.75) is 24.0 Å². The van der Waals surface area contributed by atoms with E-state index < -0.39 is 27.8 Å². The normalized spacial score (nSPS) is 14.5. The van der Waals surface area contributed by atoms with Crippen molar-refractivity contribution in [1.82, 2.24) is 4.72 Å². The number of benzene rings is 1. The van der Waals surface area contributed by atoms with E-state index in [1.54, 1.807) is 6.92 Å². The smallest absolute Gasteiger partial charge is 0.208 e. The molecule has 8 heteroatoms. The second-order valence-electron chi connectivity index (χ2n) is 3.73. The van der Waals surface area contributed by atoms with E-state index in [0.717, 1.165) is 24.3 Å². The Kier molecular flexibility index (Phi) is 4.68. The molecular formula is C10H12F3NO2S2. The summed E-state index contributed by atoms with van der Waals surface area (Å²) in [7, 11) is -3.80. The van der Waals surface area contributed by atoms with Crippen LogP contribution in [0, 0.1) is 0 Å². The molecule has 1 unspecified atom stereocenters. The molecule has 0 aromatic heterocycles. The van der Waals surface area contributed by atoms with Crippen LogP contribution in [0.3, 0.4) is 0 Å². The van der Waals surface area contributed by atoms with Gasteiger partial charge < -0.3 is 0 Å². The summed E-state index contributed by atoms with van der Waals surface area (Å²) in [6, 6.07) is 2.92. The maximum atomic E-state index is 12.3. The number of rotatable bonds is 4. The number of sulfonamides is 1. The van der Waals surface area contributed by atoms with Crippen LogP contribution in [0.1, 0.15) is 12.5 Å². The molecule has 1 aromatic carbocycles. The molecule has 0 aliphatic carbocycles. The first-order valence-corrected chi connectivity index (χ1v) is 7.09. The van der Waals surface area contributed by atoms with Gasteiger partial charge in [0.15, 0.2) is 0 Å². The van der Waals surface area contributed by atoms with Crippen molar-refractivity contribution < 1.29 is 21.6 Å². The Hall–Kier alpha value is -0.730. The van der Waals surface area contributed by atoms with Crippen LogP contribution < -0.4 is 4.72 Å². The van der Waals surface area contributed by atoms with Gasteiger partial charge in [-0.1, -0.05) is 0 Å². The summed E-state index contributed by atoms with van der Waals surface area (Å²) >= 11 is 3.92. The molecule has 0 aliphatic rings. The predicted octanol–water partition coefficient (Wildman–Crippen LogP) is 2.30. The molecule has 18 heavy (non-hydrogen) atoms. The maximum absolute atomic E-state index is 12.3. The van der Waals surface area contributed by atoms with Crippen LogP contribution in [0.5, 0.6) is 0 Å². The van der Waals surface area contributed by atoms with Gasteiger partial charge in [-0.15, -0.1) is 0 Å². The van der Waals surface area contributed by atoms with Crippen LogP contribution in [0.15, 0.2) is 29.2 Å². The second kappa shape index (κ2) is 5.50. The lowest BCUT2D eigenvalue weighted by atomic mass is 10.2. The molecule has 102 valence electrons. The van der Waals surface area contributed by atoms with Crippen molar-refractivity contribution in [3.05, 3.63) is 29.8 Å². The molecule has 3 nitrogen and oxygen atoms in total. The molecule has 0 aliphatic heterocycles. The van der Waals surface area contributed by atoms with E-state index in [1.807, 2.05) is 0 Å². The highest BCUT2D eigenvalue weighted by Gasteiger charge is 2.30. The zero-order valence-corrected chi connectivity index (χ0v) is 11.1. The summed E-state index contributed by atoms with van der Waals surface area (Å²) in [5, 5.41) is 0. The van der Waals surface area contributed by atoms with E-state index in [-0.39, 0.29) is 4.90 Å². The number of hydrogen-bond donors (Lipinski definition) is 2. The highest BCUT2D eigenvalue weighted by molar-refractivity contribution is 7.89. The van der Waals surface area contributed by atoms with E-state index in [9.17, 15) is 21.6 Å². The van der Waals surface area contributed by atoms with Gasteiger partial charge in [-0.25, -0.2) is 13.1 Å². The van der Waals surface area contributed by atoms with Crippen molar-refractivity contribution in [1.29, 1.82) is 0 Å². The summed E-state index contributed by atoms with van der Waals surface area (Å²) in [6.07, 6.45) is -4.48. The molecule has 1 rings (SSSR count). The minimum absolute atomic E-state index is 0.205. The molecule has 0 radical (unpaired) electrons. The highest BCUT2D eigenvalue weighted by Crippen LogP contribution is 2.29. The summed E-state index contributed by atoms with van der Waals surface area (Å²) < 4.78 is 62.7. The van der Waals surface area contributed by atoms with Crippen LogP contribution in [0.25, 0.3) is 0 Å². The Morgan fingerprint density at radius 1 is 1.28 bits per heavy atom. The zero-order chi connectivity index (χ0) is 14.0. The Bertz CT molecular complexity index is 497. The average molecular weight is 299 g/mol. The maximum Gasteiger partial charge on any atom is 0.416 e. The fourth-order valence-corrected chi connectivity index (χ4v) is 2.65. The van der Waals surface area contributed by atoms with Gasteiger partial charge in [0.05, 0.1) is 10.5 Å². The molecule has 0 heterocycles. The lowest BCUT2D eigenvalue weighted by molar-refractivity contribution is -0.137. The van der Waals surface area contributed by atoms with E-state index in [2.05, 4.69) is 17.4 Å². The van der Waals surface area contributed by atoms with Crippen molar-refractivity contribution >= 4 is 22.7 Å². The van der Waals surface area contributed by atoms with Gasteiger partial charge in [-0.3, -0.25) is 0 Å². The third kappa shape index (κ3) is 3.89. The van der Waals surface area contributed by atoms with Gasteiger partial charge in [-0.05, 0) is 31.2 Å². The Labute approximate surface area is 109 Å².